The van der Waals surface area contributed by atoms with Gasteiger partial charge in [-0.05, 0) is 24.8 Å². The number of nitrogens with one attached hydrogen (secondary N) is 2. The third-order valence-electron chi connectivity index (χ3n) is 3.24. The van der Waals surface area contributed by atoms with Crippen LogP contribution in [0.5, 0.6) is 0 Å². The summed E-state index contributed by atoms with van der Waals surface area (Å²) in [5, 5.41) is 6.17. The lowest BCUT2D eigenvalue weighted by Gasteiger charge is -2.14. The first-order valence-electron chi connectivity index (χ1n) is 6.67. The van der Waals surface area contributed by atoms with Crippen LogP contribution in [0.3, 0.4) is 0 Å². The van der Waals surface area contributed by atoms with Gasteiger partial charge in [0.2, 0.25) is 5.91 Å². The van der Waals surface area contributed by atoms with Gasteiger partial charge in [0.1, 0.15) is 0 Å². The van der Waals surface area contributed by atoms with E-state index in [9.17, 15) is 4.79 Å². The summed E-state index contributed by atoms with van der Waals surface area (Å²) in [5.41, 5.74) is 0. The Labute approximate surface area is 104 Å². The first-order valence-corrected chi connectivity index (χ1v) is 6.67. The highest BCUT2D eigenvalue weighted by molar-refractivity contribution is 5.79. The highest BCUT2D eigenvalue weighted by Crippen LogP contribution is 2.15. The number of hydrogen-bond donors (Lipinski definition) is 2. The van der Waals surface area contributed by atoms with Crippen LogP contribution in [0.1, 0.15) is 27.2 Å². The minimum absolute atomic E-state index is 0.130. The second-order valence-electron chi connectivity index (χ2n) is 5.33. The molecule has 4 nitrogen and oxygen atoms in total. The van der Waals surface area contributed by atoms with Gasteiger partial charge in [-0.1, -0.05) is 20.8 Å². The van der Waals surface area contributed by atoms with E-state index in [1.54, 1.807) is 0 Å². The molecular weight excluding hydrogens is 216 g/mol. The van der Waals surface area contributed by atoms with Crippen molar-refractivity contribution in [2.75, 3.05) is 32.8 Å². The van der Waals surface area contributed by atoms with Crippen molar-refractivity contribution in [1.82, 2.24) is 10.6 Å². The van der Waals surface area contributed by atoms with Crippen molar-refractivity contribution in [2.24, 2.45) is 17.8 Å². The zero-order valence-electron chi connectivity index (χ0n) is 11.3. The summed E-state index contributed by atoms with van der Waals surface area (Å²) in [6.45, 7) is 10.3. The lowest BCUT2D eigenvalue weighted by atomic mass is 9.97. The minimum atomic E-state index is 0.130. The molecule has 1 aliphatic rings. The van der Waals surface area contributed by atoms with Crippen molar-refractivity contribution in [3.8, 4) is 0 Å². The fourth-order valence-electron chi connectivity index (χ4n) is 1.96. The maximum Gasteiger partial charge on any atom is 0.224 e. The molecule has 4 heteroatoms. The van der Waals surface area contributed by atoms with E-state index < -0.39 is 0 Å². The molecule has 0 aliphatic carbocycles. The van der Waals surface area contributed by atoms with Crippen molar-refractivity contribution in [3.63, 3.8) is 0 Å². The third-order valence-corrected chi connectivity index (χ3v) is 3.24. The van der Waals surface area contributed by atoms with Gasteiger partial charge in [0, 0.05) is 19.7 Å². The normalized spacial score (nSPS) is 24.2. The molecule has 0 aromatic rings. The molecule has 0 spiro atoms. The molecule has 1 heterocycles. The van der Waals surface area contributed by atoms with E-state index in [0.717, 1.165) is 26.1 Å². The molecule has 1 amide bonds. The van der Waals surface area contributed by atoms with Gasteiger partial charge in [0.05, 0.1) is 12.5 Å². The molecule has 2 atom stereocenters. The number of amides is 1. The van der Waals surface area contributed by atoms with Crippen LogP contribution in [0.4, 0.5) is 0 Å². The molecule has 0 bridgehead atoms. The lowest BCUT2D eigenvalue weighted by molar-refractivity contribution is -0.125. The van der Waals surface area contributed by atoms with Crippen molar-refractivity contribution in [2.45, 2.75) is 27.2 Å². The van der Waals surface area contributed by atoms with Crippen LogP contribution in [0, 0.1) is 17.8 Å². The summed E-state index contributed by atoms with van der Waals surface area (Å²) < 4.78 is 5.45. The van der Waals surface area contributed by atoms with Crippen molar-refractivity contribution >= 4 is 5.91 Å². The Morgan fingerprint density at radius 2 is 2.18 bits per heavy atom. The summed E-state index contributed by atoms with van der Waals surface area (Å²) in [6, 6.07) is 0. The highest BCUT2D eigenvalue weighted by Gasteiger charge is 2.28. The highest BCUT2D eigenvalue weighted by atomic mass is 16.5. The smallest absolute Gasteiger partial charge is 0.224 e. The first kappa shape index (κ1) is 14.5. The van der Waals surface area contributed by atoms with E-state index in [1.165, 1.54) is 0 Å². The molecule has 0 unspecified atom stereocenters. The van der Waals surface area contributed by atoms with E-state index in [4.69, 9.17) is 4.74 Å². The van der Waals surface area contributed by atoms with Gasteiger partial charge >= 0.3 is 0 Å². The molecule has 0 aromatic heterocycles. The zero-order chi connectivity index (χ0) is 12.7. The zero-order valence-corrected chi connectivity index (χ0v) is 11.3. The van der Waals surface area contributed by atoms with E-state index in [2.05, 4.69) is 31.4 Å². The minimum Gasteiger partial charge on any atom is -0.380 e. The predicted molar refractivity (Wildman–Crippen MR) is 68.8 cm³/mol. The van der Waals surface area contributed by atoms with E-state index >= 15 is 0 Å². The summed E-state index contributed by atoms with van der Waals surface area (Å²) in [7, 11) is 0. The number of carbonyl (C=O) groups excluding carboxylic acids is 1. The Bertz CT molecular complexity index is 231. The van der Waals surface area contributed by atoms with Crippen molar-refractivity contribution in [3.05, 3.63) is 0 Å². The van der Waals surface area contributed by atoms with E-state index in [-0.39, 0.29) is 11.8 Å². The van der Waals surface area contributed by atoms with Crippen LogP contribution in [0.2, 0.25) is 0 Å². The van der Waals surface area contributed by atoms with E-state index in [1.807, 2.05) is 0 Å². The van der Waals surface area contributed by atoms with Crippen LogP contribution in [0.25, 0.3) is 0 Å². The molecule has 0 radical (unpaired) electrons. The fraction of sp³-hybridized carbons (Fsp3) is 0.923. The maximum absolute atomic E-state index is 11.8. The Morgan fingerprint density at radius 3 is 2.76 bits per heavy atom. The Morgan fingerprint density at radius 1 is 1.41 bits per heavy atom. The van der Waals surface area contributed by atoms with Gasteiger partial charge in [0.25, 0.3) is 0 Å². The standard InChI is InChI=1S/C13H26N2O2/c1-10(2)4-6-17-7-5-15-13(16)12-9-14-8-11(12)3/h10-12,14H,4-9H2,1-3H3,(H,15,16)/t11-,12-/m1/s1. The third kappa shape index (κ3) is 5.50. The Balaban J connectivity index is 2.00. The number of carbonyl (C=O) groups is 1. The SMILES string of the molecule is CC(C)CCOCCNC(=O)[C@@H]1CNC[C@H]1C. The van der Waals surface area contributed by atoms with Gasteiger partial charge in [-0.25, -0.2) is 0 Å². The molecular formula is C13H26N2O2. The van der Waals surface area contributed by atoms with Gasteiger partial charge in [-0.3, -0.25) is 4.79 Å². The topological polar surface area (TPSA) is 50.4 Å². The average molecular weight is 242 g/mol. The molecule has 1 fully saturated rings. The quantitative estimate of drug-likeness (QED) is 0.655. The van der Waals surface area contributed by atoms with Crippen LogP contribution >= 0.6 is 0 Å². The van der Waals surface area contributed by atoms with Crippen LogP contribution in [0.15, 0.2) is 0 Å². The van der Waals surface area contributed by atoms with Crippen LogP contribution < -0.4 is 10.6 Å². The first-order chi connectivity index (χ1) is 8.11. The molecule has 0 aromatic carbocycles. The number of hydrogen-bond acceptors (Lipinski definition) is 3. The summed E-state index contributed by atoms with van der Waals surface area (Å²) in [6.07, 6.45) is 1.08. The Hall–Kier alpha value is -0.610. The lowest BCUT2D eigenvalue weighted by Crippen LogP contribution is -2.36. The molecule has 0 saturated carbocycles. The average Bonchev–Trinajstić information content (AvgIpc) is 2.69. The fourth-order valence-corrected chi connectivity index (χ4v) is 1.96. The van der Waals surface area contributed by atoms with Crippen molar-refractivity contribution < 1.29 is 9.53 Å². The largest absolute Gasteiger partial charge is 0.380 e. The Kier molecular flexibility index (Phi) is 6.52. The summed E-state index contributed by atoms with van der Waals surface area (Å²) in [4.78, 5) is 11.8. The second-order valence-corrected chi connectivity index (χ2v) is 5.33. The molecule has 1 aliphatic heterocycles. The molecule has 2 N–H and O–H groups in total. The maximum atomic E-state index is 11.8. The summed E-state index contributed by atoms with van der Waals surface area (Å²) >= 11 is 0. The van der Waals surface area contributed by atoms with Crippen molar-refractivity contribution in [1.29, 1.82) is 0 Å². The predicted octanol–water partition coefficient (Wildman–Crippen LogP) is 1.02. The molecule has 17 heavy (non-hydrogen) atoms. The van der Waals surface area contributed by atoms with E-state index in [0.29, 0.717) is 25.0 Å². The molecule has 1 saturated heterocycles. The van der Waals surface area contributed by atoms with Crippen LogP contribution in [-0.2, 0) is 9.53 Å². The second kappa shape index (κ2) is 7.67. The van der Waals surface area contributed by atoms with Crippen LogP contribution in [-0.4, -0.2) is 38.8 Å². The number of ether oxygens (including phenoxy) is 1. The van der Waals surface area contributed by atoms with Gasteiger partial charge < -0.3 is 15.4 Å². The van der Waals surface area contributed by atoms with Gasteiger partial charge in [-0.2, -0.15) is 0 Å². The number of rotatable bonds is 7. The van der Waals surface area contributed by atoms with Gasteiger partial charge in [-0.15, -0.1) is 0 Å². The van der Waals surface area contributed by atoms with Gasteiger partial charge in [0.15, 0.2) is 0 Å². The molecule has 100 valence electrons. The molecule has 1 rings (SSSR count). The monoisotopic (exact) mass is 242 g/mol. The summed E-state index contributed by atoms with van der Waals surface area (Å²) in [5.74, 6) is 1.41.